The van der Waals surface area contributed by atoms with Gasteiger partial charge in [0.15, 0.2) is 0 Å². The number of benzene rings is 1. The molecule has 3 nitrogen and oxygen atoms in total. The predicted octanol–water partition coefficient (Wildman–Crippen LogP) is 3.88. The minimum Gasteiger partial charge on any atom is -0.496 e. The zero-order valence-corrected chi connectivity index (χ0v) is 14.2. The van der Waals surface area contributed by atoms with Crippen molar-refractivity contribution < 1.29 is 9.53 Å². The van der Waals surface area contributed by atoms with Crippen LogP contribution >= 0.6 is 15.9 Å². The highest BCUT2D eigenvalue weighted by Gasteiger charge is 2.24. The first-order chi connectivity index (χ1) is 9.32. The molecule has 1 heterocycles. The lowest BCUT2D eigenvalue weighted by molar-refractivity contribution is -0.128. The van der Waals surface area contributed by atoms with Crippen molar-refractivity contribution in [1.82, 2.24) is 4.90 Å². The Morgan fingerprint density at radius 1 is 1.35 bits per heavy atom. The van der Waals surface area contributed by atoms with Crippen LogP contribution in [0.15, 0.2) is 16.6 Å². The second-order valence-corrected chi connectivity index (χ2v) is 7.17. The van der Waals surface area contributed by atoms with Crippen LogP contribution in [-0.2, 0) is 16.8 Å². The van der Waals surface area contributed by atoms with Crippen molar-refractivity contribution in [3.05, 3.63) is 27.7 Å². The summed E-state index contributed by atoms with van der Waals surface area (Å²) in [6, 6.07) is 4.17. The summed E-state index contributed by atoms with van der Waals surface area (Å²) in [5, 5.41) is 0. The molecule has 0 unspecified atom stereocenters. The standard InChI is InChI=1S/C16H22BrNO2/c1-16(2,3)12-9-13(17)11(8-14(12)20-4)10-18-7-5-6-15(18)19/h8-9H,5-7,10H2,1-4H3. The van der Waals surface area contributed by atoms with Gasteiger partial charge in [0.1, 0.15) is 5.75 Å². The number of hydrogen-bond acceptors (Lipinski definition) is 2. The number of likely N-dealkylation sites (tertiary alicyclic amines) is 1. The van der Waals surface area contributed by atoms with Crippen LogP contribution < -0.4 is 4.74 Å². The number of halogens is 1. The number of ether oxygens (including phenoxy) is 1. The molecule has 110 valence electrons. The normalized spacial score (nSPS) is 15.8. The molecule has 2 rings (SSSR count). The zero-order valence-electron chi connectivity index (χ0n) is 12.6. The van der Waals surface area contributed by atoms with Crippen molar-refractivity contribution in [3.8, 4) is 5.75 Å². The minimum absolute atomic E-state index is 0.0237. The van der Waals surface area contributed by atoms with E-state index in [1.807, 2.05) is 4.90 Å². The van der Waals surface area contributed by atoms with Gasteiger partial charge < -0.3 is 9.64 Å². The highest BCUT2D eigenvalue weighted by molar-refractivity contribution is 9.10. The van der Waals surface area contributed by atoms with E-state index in [0.717, 1.165) is 28.8 Å². The first-order valence-corrected chi connectivity index (χ1v) is 7.77. The Morgan fingerprint density at radius 3 is 2.55 bits per heavy atom. The van der Waals surface area contributed by atoms with Crippen LogP contribution in [0.2, 0.25) is 0 Å². The van der Waals surface area contributed by atoms with E-state index >= 15 is 0 Å². The zero-order chi connectivity index (χ0) is 14.9. The third-order valence-electron chi connectivity index (χ3n) is 3.71. The molecule has 1 aliphatic rings. The Kier molecular flexibility index (Phi) is 4.43. The molecule has 20 heavy (non-hydrogen) atoms. The van der Waals surface area contributed by atoms with Gasteiger partial charge in [0.2, 0.25) is 5.91 Å². The fourth-order valence-electron chi connectivity index (χ4n) is 2.55. The molecule has 0 N–H and O–H groups in total. The van der Waals surface area contributed by atoms with Crippen LogP contribution in [0.3, 0.4) is 0 Å². The van der Waals surface area contributed by atoms with Crippen LogP contribution in [-0.4, -0.2) is 24.5 Å². The van der Waals surface area contributed by atoms with E-state index in [1.54, 1.807) is 7.11 Å². The number of carbonyl (C=O) groups is 1. The third kappa shape index (κ3) is 3.17. The van der Waals surface area contributed by atoms with Gasteiger partial charge in [-0.1, -0.05) is 36.7 Å². The molecule has 1 aliphatic heterocycles. The van der Waals surface area contributed by atoms with Crippen LogP contribution in [0.4, 0.5) is 0 Å². The van der Waals surface area contributed by atoms with Crippen LogP contribution in [0.25, 0.3) is 0 Å². The van der Waals surface area contributed by atoms with Gasteiger partial charge in [0.05, 0.1) is 7.11 Å². The van der Waals surface area contributed by atoms with Crippen molar-refractivity contribution in [2.75, 3.05) is 13.7 Å². The van der Waals surface area contributed by atoms with E-state index < -0.39 is 0 Å². The topological polar surface area (TPSA) is 29.5 Å². The Labute approximate surface area is 129 Å². The van der Waals surface area contributed by atoms with Gasteiger partial charge in [-0.3, -0.25) is 4.79 Å². The Morgan fingerprint density at radius 2 is 2.05 bits per heavy atom. The fourth-order valence-corrected chi connectivity index (χ4v) is 3.02. The van der Waals surface area contributed by atoms with E-state index in [4.69, 9.17) is 4.74 Å². The fraction of sp³-hybridized carbons (Fsp3) is 0.562. The number of carbonyl (C=O) groups excluding carboxylic acids is 1. The van der Waals surface area contributed by atoms with E-state index in [9.17, 15) is 4.79 Å². The summed E-state index contributed by atoms with van der Waals surface area (Å²) >= 11 is 3.64. The van der Waals surface area contributed by atoms with E-state index in [1.165, 1.54) is 5.56 Å². The number of amides is 1. The maximum absolute atomic E-state index is 11.7. The van der Waals surface area contributed by atoms with Gasteiger partial charge in [-0.2, -0.15) is 0 Å². The average Bonchev–Trinajstić information content (AvgIpc) is 2.76. The summed E-state index contributed by atoms with van der Waals surface area (Å²) in [5.41, 5.74) is 2.30. The molecular formula is C16H22BrNO2. The molecule has 1 saturated heterocycles. The summed E-state index contributed by atoms with van der Waals surface area (Å²) in [6.07, 6.45) is 1.64. The van der Waals surface area contributed by atoms with Crippen molar-refractivity contribution in [3.63, 3.8) is 0 Å². The molecule has 1 fully saturated rings. The largest absolute Gasteiger partial charge is 0.496 e. The molecule has 0 bridgehead atoms. The van der Waals surface area contributed by atoms with E-state index in [0.29, 0.717) is 13.0 Å². The summed E-state index contributed by atoms with van der Waals surface area (Å²) < 4.78 is 6.58. The molecule has 1 aromatic carbocycles. The lowest BCUT2D eigenvalue weighted by atomic mass is 9.85. The van der Waals surface area contributed by atoms with Crippen molar-refractivity contribution in [2.24, 2.45) is 0 Å². The highest BCUT2D eigenvalue weighted by atomic mass is 79.9. The van der Waals surface area contributed by atoms with Crippen LogP contribution in [0.5, 0.6) is 5.75 Å². The average molecular weight is 340 g/mol. The number of nitrogens with zero attached hydrogens (tertiary/aromatic N) is 1. The van der Waals surface area contributed by atoms with Crippen LogP contribution in [0, 0.1) is 0 Å². The molecule has 0 atom stereocenters. The highest BCUT2D eigenvalue weighted by Crippen LogP contribution is 2.36. The second kappa shape index (κ2) is 5.76. The van der Waals surface area contributed by atoms with Gasteiger partial charge >= 0.3 is 0 Å². The summed E-state index contributed by atoms with van der Waals surface area (Å²) in [5.74, 6) is 1.14. The summed E-state index contributed by atoms with van der Waals surface area (Å²) in [4.78, 5) is 13.7. The summed E-state index contributed by atoms with van der Waals surface area (Å²) in [7, 11) is 1.70. The monoisotopic (exact) mass is 339 g/mol. The molecule has 1 aromatic rings. The lowest BCUT2D eigenvalue weighted by Gasteiger charge is -2.24. The lowest BCUT2D eigenvalue weighted by Crippen LogP contribution is -2.24. The van der Waals surface area contributed by atoms with Gasteiger partial charge in [-0.25, -0.2) is 0 Å². The van der Waals surface area contributed by atoms with Gasteiger partial charge in [-0.15, -0.1) is 0 Å². The molecule has 0 saturated carbocycles. The molecule has 1 amide bonds. The molecular weight excluding hydrogens is 318 g/mol. The number of rotatable bonds is 3. The maximum atomic E-state index is 11.7. The van der Waals surface area contributed by atoms with E-state index in [-0.39, 0.29) is 11.3 Å². The number of methoxy groups -OCH3 is 1. The smallest absolute Gasteiger partial charge is 0.222 e. The second-order valence-electron chi connectivity index (χ2n) is 6.31. The van der Waals surface area contributed by atoms with Gasteiger partial charge in [0, 0.05) is 29.5 Å². The third-order valence-corrected chi connectivity index (χ3v) is 4.45. The SMILES string of the molecule is COc1cc(CN2CCCC2=O)c(Br)cc1C(C)(C)C. The first-order valence-electron chi connectivity index (χ1n) is 6.97. The quantitative estimate of drug-likeness (QED) is 0.836. The molecule has 4 heteroatoms. The molecule has 0 radical (unpaired) electrons. The van der Waals surface area contributed by atoms with Gasteiger partial charge in [-0.05, 0) is 29.5 Å². The Hall–Kier alpha value is -1.03. The minimum atomic E-state index is 0.0237. The Bertz CT molecular complexity index is 520. The van der Waals surface area contributed by atoms with Gasteiger partial charge in [0.25, 0.3) is 0 Å². The maximum Gasteiger partial charge on any atom is 0.222 e. The van der Waals surface area contributed by atoms with Crippen LogP contribution in [0.1, 0.15) is 44.7 Å². The van der Waals surface area contributed by atoms with E-state index in [2.05, 4.69) is 48.8 Å². The van der Waals surface area contributed by atoms with Crippen molar-refractivity contribution in [1.29, 1.82) is 0 Å². The molecule has 0 aliphatic carbocycles. The first kappa shape index (κ1) is 15.4. The Balaban J connectivity index is 2.33. The molecule has 0 aromatic heterocycles. The number of hydrogen-bond donors (Lipinski definition) is 0. The summed E-state index contributed by atoms with van der Waals surface area (Å²) in [6.45, 7) is 8.01. The van der Waals surface area contributed by atoms with Crippen molar-refractivity contribution >= 4 is 21.8 Å². The molecule has 0 spiro atoms. The predicted molar refractivity (Wildman–Crippen MR) is 84.0 cm³/mol. The van der Waals surface area contributed by atoms with Crippen molar-refractivity contribution in [2.45, 2.75) is 45.6 Å².